The zero-order chi connectivity index (χ0) is 17.2. The topological polar surface area (TPSA) is 68.5 Å². The summed E-state index contributed by atoms with van der Waals surface area (Å²) in [7, 11) is 1.81. The summed E-state index contributed by atoms with van der Waals surface area (Å²) in [6, 6.07) is 17.5. The summed E-state index contributed by atoms with van der Waals surface area (Å²) in [5.41, 5.74) is 3.19. The molecular weight excluding hydrogens is 336 g/mol. The predicted molar refractivity (Wildman–Crippen MR) is 98.7 cm³/mol. The van der Waals surface area contributed by atoms with Crippen LogP contribution in [0.4, 0.5) is 5.82 Å². The van der Waals surface area contributed by atoms with Gasteiger partial charge >= 0.3 is 0 Å². The van der Waals surface area contributed by atoms with Crippen LogP contribution in [0.25, 0.3) is 22.6 Å². The largest absolute Gasteiger partial charge is 0.371 e. The molecule has 4 aromatic rings. The fourth-order valence-electron chi connectivity index (χ4n) is 2.64. The van der Waals surface area contributed by atoms with Crippen molar-refractivity contribution in [3.63, 3.8) is 0 Å². The molecule has 1 N–H and O–H groups in total. The first-order chi connectivity index (χ1) is 12.3. The molecule has 0 aliphatic carbocycles. The Morgan fingerprint density at radius 1 is 1.00 bits per heavy atom. The molecule has 124 valence electrons. The van der Waals surface area contributed by atoms with Gasteiger partial charge in [-0.3, -0.25) is 0 Å². The van der Waals surface area contributed by atoms with Crippen molar-refractivity contribution in [1.82, 2.24) is 25.0 Å². The number of rotatable bonds is 4. The monoisotopic (exact) mass is 350 g/mol. The van der Waals surface area contributed by atoms with E-state index in [2.05, 4.69) is 25.6 Å². The van der Waals surface area contributed by atoms with Gasteiger partial charge in [0.2, 0.25) is 0 Å². The molecule has 0 radical (unpaired) electrons. The highest BCUT2D eigenvalue weighted by Crippen LogP contribution is 2.24. The van der Waals surface area contributed by atoms with Crippen LogP contribution >= 0.6 is 11.6 Å². The Labute approximate surface area is 149 Å². The minimum atomic E-state index is 0.491. The average molecular weight is 351 g/mol. The number of nitrogens with zero attached hydrogens (tertiary/aromatic N) is 5. The molecule has 0 atom stereocenters. The first-order valence-electron chi connectivity index (χ1n) is 7.84. The number of nitrogens with one attached hydrogen (secondary N) is 1. The maximum Gasteiger partial charge on any atom is 0.184 e. The van der Waals surface area contributed by atoms with Gasteiger partial charge in [-0.05, 0) is 11.6 Å². The molecule has 2 heterocycles. The van der Waals surface area contributed by atoms with E-state index in [1.165, 1.54) is 0 Å². The first-order valence-corrected chi connectivity index (χ1v) is 8.22. The van der Waals surface area contributed by atoms with E-state index in [9.17, 15) is 0 Å². The van der Waals surface area contributed by atoms with Crippen LogP contribution in [0.3, 0.4) is 0 Å². The highest BCUT2D eigenvalue weighted by Gasteiger charge is 2.15. The van der Waals surface area contributed by atoms with Crippen molar-refractivity contribution in [2.24, 2.45) is 0 Å². The minimum Gasteiger partial charge on any atom is -0.371 e. The van der Waals surface area contributed by atoms with Crippen LogP contribution < -0.4 is 5.32 Å². The molecule has 0 amide bonds. The third-order valence-corrected chi connectivity index (χ3v) is 4.28. The molecule has 0 aliphatic heterocycles. The second-order valence-corrected chi connectivity index (χ2v) is 5.93. The number of hydrogen-bond acceptors (Lipinski definition) is 5. The summed E-state index contributed by atoms with van der Waals surface area (Å²) in [6.45, 7) is 0.491. The average Bonchev–Trinajstić information content (AvgIpc) is 3.06. The second kappa shape index (κ2) is 6.49. The molecule has 0 unspecified atom stereocenters. The number of anilines is 1. The predicted octanol–water partition coefficient (Wildman–Crippen LogP) is 3.63. The van der Waals surface area contributed by atoms with E-state index < -0.39 is 0 Å². The van der Waals surface area contributed by atoms with Crippen LogP contribution in [0.15, 0.2) is 54.6 Å². The molecule has 2 aromatic heterocycles. The second-order valence-electron chi connectivity index (χ2n) is 5.52. The van der Waals surface area contributed by atoms with E-state index in [0.717, 1.165) is 11.1 Å². The van der Waals surface area contributed by atoms with E-state index in [1.54, 1.807) is 4.68 Å². The van der Waals surface area contributed by atoms with Crippen LogP contribution in [-0.2, 0) is 6.54 Å². The fraction of sp³-hybridized carbons (Fsp3) is 0.111. The molecular formula is C18H15ClN6. The zero-order valence-electron chi connectivity index (χ0n) is 13.5. The molecule has 7 heteroatoms. The summed E-state index contributed by atoms with van der Waals surface area (Å²) >= 11 is 6.27. The van der Waals surface area contributed by atoms with Gasteiger partial charge in [0.05, 0.1) is 6.54 Å². The molecule has 4 rings (SSSR count). The molecule has 0 saturated carbocycles. The van der Waals surface area contributed by atoms with Crippen molar-refractivity contribution in [2.45, 2.75) is 6.54 Å². The number of benzene rings is 2. The van der Waals surface area contributed by atoms with Crippen molar-refractivity contribution in [3.05, 3.63) is 65.2 Å². The van der Waals surface area contributed by atoms with Crippen LogP contribution in [0.5, 0.6) is 0 Å². The van der Waals surface area contributed by atoms with Gasteiger partial charge in [0, 0.05) is 17.6 Å². The smallest absolute Gasteiger partial charge is 0.184 e. The standard InChI is InChI=1S/C18H15ClN6/c1-20-17-15-18(22-16(21-17)12-7-3-2-4-8-12)25(24-23-15)11-13-9-5-6-10-14(13)19/h2-10H,11H2,1H3,(H,20,21,22). The quantitative estimate of drug-likeness (QED) is 0.608. The van der Waals surface area contributed by atoms with E-state index in [-0.39, 0.29) is 0 Å². The van der Waals surface area contributed by atoms with Crippen molar-refractivity contribution < 1.29 is 0 Å². The molecule has 0 saturated heterocycles. The van der Waals surface area contributed by atoms with E-state index >= 15 is 0 Å². The lowest BCUT2D eigenvalue weighted by Gasteiger charge is -2.07. The Kier molecular flexibility index (Phi) is 4.03. The van der Waals surface area contributed by atoms with Crippen molar-refractivity contribution in [1.29, 1.82) is 0 Å². The Balaban J connectivity index is 1.85. The number of fused-ring (bicyclic) bond motifs is 1. The maximum atomic E-state index is 6.27. The van der Waals surface area contributed by atoms with Gasteiger partial charge < -0.3 is 5.32 Å². The van der Waals surface area contributed by atoms with E-state index in [1.807, 2.05) is 61.6 Å². The molecule has 6 nitrogen and oxygen atoms in total. The summed E-state index contributed by atoms with van der Waals surface area (Å²) in [5, 5.41) is 12.2. The third-order valence-electron chi connectivity index (χ3n) is 3.91. The summed E-state index contributed by atoms with van der Waals surface area (Å²) in [4.78, 5) is 9.25. The van der Waals surface area contributed by atoms with Gasteiger partial charge in [-0.2, -0.15) is 0 Å². The first kappa shape index (κ1) is 15.5. The van der Waals surface area contributed by atoms with Crippen LogP contribution in [-0.4, -0.2) is 32.0 Å². The van der Waals surface area contributed by atoms with Gasteiger partial charge in [0.25, 0.3) is 0 Å². The minimum absolute atomic E-state index is 0.491. The number of aromatic nitrogens is 5. The van der Waals surface area contributed by atoms with Gasteiger partial charge in [-0.25, -0.2) is 14.6 Å². The molecule has 0 bridgehead atoms. The third kappa shape index (κ3) is 2.92. The zero-order valence-corrected chi connectivity index (χ0v) is 14.3. The van der Waals surface area contributed by atoms with Crippen LogP contribution in [0.2, 0.25) is 5.02 Å². The number of hydrogen-bond donors (Lipinski definition) is 1. The molecule has 2 aromatic carbocycles. The fourth-order valence-corrected chi connectivity index (χ4v) is 2.84. The lowest BCUT2D eigenvalue weighted by Crippen LogP contribution is -2.05. The van der Waals surface area contributed by atoms with Crippen molar-refractivity contribution >= 4 is 28.6 Å². The van der Waals surface area contributed by atoms with Crippen molar-refractivity contribution in [3.8, 4) is 11.4 Å². The number of halogens is 1. The van der Waals surface area contributed by atoms with Crippen molar-refractivity contribution in [2.75, 3.05) is 12.4 Å². The highest BCUT2D eigenvalue weighted by atomic mass is 35.5. The highest BCUT2D eigenvalue weighted by molar-refractivity contribution is 6.31. The summed E-state index contributed by atoms with van der Waals surface area (Å²) in [5.74, 6) is 1.27. The summed E-state index contributed by atoms with van der Waals surface area (Å²) < 4.78 is 1.74. The van der Waals surface area contributed by atoms with Crippen LogP contribution in [0, 0.1) is 0 Å². The SMILES string of the molecule is CNc1nc(-c2ccccc2)nc2c1nnn2Cc1ccccc1Cl. The maximum absolute atomic E-state index is 6.27. The Bertz CT molecular complexity index is 1030. The molecule has 0 spiro atoms. The Morgan fingerprint density at radius 3 is 2.52 bits per heavy atom. The van der Waals surface area contributed by atoms with Crippen LogP contribution in [0.1, 0.15) is 5.56 Å². The molecule has 25 heavy (non-hydrogen) atoms. The van der Waals surface area contributed by atoms with E-state index in [4.69, 9.17) is 11.6 Å². The van der Waals surface area contributed by atoms with Gasteiger partial charge in [0.1, 0.15) is 0 Å². The molecule has 0 fully saturated rings. The van der Waals surface area contributed by atoms with E-state index in [0.29, 0.717) is 34.4 Å². The van der Waals surface area contributed by atoms with Gasteiger partial charge in [-0.1, -0.05) is 65.3 Å². The normalized spacial score (nSPS) is 11.0. The Morgan fingerprint density at radius 2 is 1.76 bits per heavy atom. The van der Waals surface area contributed by atoms with Gasteiger partial charge in [0.15, 0.2) is 22.8 Å². The lowest BCUT2D eigenvalue weighted by atomic mass is 10.2. The van der Waals surface area contributed by atoms with Gasteiger partial charge in [-0.15, -0.1) is 5.10 Å². The molecule has 0 aliphatic rings. The summed E-state index contributed by atoms with van der Waals surface area (Å²) in [6.07, 6.45) is 0. The Hall–Kier alpha value is -2.99. The lowest BCUT2D eigenvalue weighted by molar-refractivity contribution is 0.664.